The molecule has 0 aliphatic heterocycles. The van der Waals surface area contributed by atoms with Crippen molar-refractivity contribution in [3.63, 3.8) is 0 Å². The first-order valence-corrected chi connectivity index (χ1v) is 6.95. The van der Waals surface area contributed by atoms with Crippen LogP contribution in [0.25, 0.3) is 11.0 Å². The summed E-state index contributed by atoms with van der Waals surface area (Å²) in [4.78, 5) is 8.89. The molecule has 0 bridgehead atoms. The van der Waals surface area contributed by atoms with Crippen LogP contribution in [-0.4, -0.2) is 19.7 Å². The average Bonchev–Trinajstić information content (AvgIpc) is 2.85. The molecule has 0 saturated carbocycles. The minimum absolute atomic E-state index is 0.413. The highest BCUT2D eigenvalue weighted by atomic mass is 15.3. The van der Waals surface area contributed by atoms with Crippen LogP contribution in [0, 0.1) is 0 Å². The molecule has 3 N–H and O–H groups in total. The van der Waals surface area contributed by atoms with Crippen molar-refractivity contribution in [1.82, 2.24) is 19.7 Å². The van der Waals surface area contributed by atoms with E-state index in [1.54, 1.807) is 0 Å². The highest BCUT2D eigenvalue weighted by molar-refractivity contribution is 5.79. The van der Waals surface area contributed by atoms with Gasteiger partial charge in [-0.2, -0.15) is 5.10 Å². The number of aryl methyl sites for hydroxylation is 2. The number of para-hydroxylation sites is 2. The summed E-state index contributed by atoms with van der Waals surface area (Å²) in [6.45, 7) is 2.73. The molecule has 0 unspecified atom stereocenters. The second-order valence-electron chi connectivity index (χ2n) is 4.93. The van der Waals surface area contributed by atoms with Crippen molar-refractivity contribution in [2.75, 3.05) is 11.1 Å². The Labute approximate surface area is 123 Å². The number of hydrogen-bond acceptors (Lipinski definition) is 5. The maximum atomic E-state index is 5.97. The molecule has 0 aliphatic rings. The zero-order valence-electron chi connectivity index (χ0n) is 12.2. The fourth-order valence-corrected chi connectivity index (χ4v) is 2.35. The molecular weight excluding hydrogens is 264 g/mol. The summed E-state index contributed by atoms with van der Waals surface area (Å²) < 4.78 is 1.82. The number of rotatable bonds is 4. The summed E-state index contributed by atoms with van der Waals surface area (Å²) in [7, 11) is 1.92. The molecule has 6 heteroatoms. The summed E-state index contributed by atoms with van der Waals surface area (Å²) >= 11 is 0. The average molecular weight is 282 g/mol. The van der Waals surface area contributed by atoms with E-state index >= 15 is 0 Å². The van der Waals surface area contributed by atoms with Gasteiger partial charge in [-0.05, 0) is 18.6 Å². The van der Waals surface area contributed by atoms with E-state index in [1.807, 2.05) is 42.2 Å². The lowest BCUT2D eigenvalue weighted by molar-refractivity contribution is 0.746. The van der Waals surface area contributed by atoms with Crippen molar-refractivity contribution in [3.8, 4) is 0 Å². The van der Waals surface area contributed by atoms with Gasteiger partial charge in [0.05, 0.1) is 16.7 Å². The summed E-state index contributed by atoms with van der Waals surface area (Å²) in [6, 6.07) is 7.69. The van der Waals surface area contributed by atoms with Crippen LogP contribution in [0.3, 0.4) is 0 Å². The second-order valence-corrected chi connectivity index (χ2v) is 4.93. The molecule has 3 rings (SSSR count). The normalized spacial score (nSPS) is 11.0. The first kappa shape index (κ1) is 13.4. The van der Waals surface area contributed by atoms with Gasteiger partial charge in [0.1, 0.15) is 0 Å². The van der Waals surface area contributed by atoms with Gasteiger partial charge in [0.25, 0.3) is 0 Å². The smallest absolute Gasteiger partial charge is 0.169 e. The third kappa shape index (κ3) is 2.65. The molecule has 0 amide bonds. The van der Waals surface area contributed by atoms with Crippen LogP contribution in [0.5, 0.6) is 0 Å². The molecule has 0 aliphatic carbocycles. The molecule has 21 heavy (non-hydrogen) atoms. The van der Waals surface area contributed by atoms with Crippen molar-refractivity contribution in [1.29, 1.82) is 0 Å². The van der Waals surface area contributed by atoms with Crippen molar-refractivity contribution in [3.05, 3.63) is 41.7 Å². The first-order valence-electron chi connectivity index (χ1n) is 6.95. The van der Waals surface area contributed by atoms with Gasteiger partial charge in [0, 0.05) is 25.4 Å². The third-order valence-electron chi connectivity index (χ3n) is 3.37. The SMILES string of the molecule is CCc1nn(C)cc1CNc1nc2ccccc2nc1N. The molecule has 3 aromatic rings. The van der Waals surface area contributed by atoms with Gasteiger partial charge in [-0.15, -0.1) is 0 Å². The van der Waals surface area contributed by atoms with Crippen molar-refractivity contribution in [2.45, 2.75) is 19.9 Å². The molecular formula is C15H18N6. The molecule has 6 nitrogen and oxygen atoms in total. The van der Waals surface area contributed by atoms with E-state index in [1.165, 1.54) is 0 Å². The lowest BCUT2D eigenvalue weighted by atomic mass is 10.2. The van der Waals surface area contributed by atoms with E-state index in [-0.39, 0.29) is 0 Å². The quantitative estimate of drug-likeness (QED) is 0.766. The molecule has 1 aromatic carbocycles. The van der Waals surface area contributed by atoms with E-state index in [0.717, 1.165) is 28.7 Å². The Kier molecular flexibility index (Phi) is 3.43. The van der Waals surface area contributed by atoms with Gasteiger partial charge in [-0.3, -0.25) is 4.68 Å². The number of benzene rings is 1. The van der Waals surface area contributed by atoms with Crippen LogP contribution in [0.2, 0.25) is 0 Å². The lowest BCUT2D eigenvalue weighted by Gasteiger charge is -2.08. The van der Waals surface area contributed by atoms with Crippen molar-refractivity contribution < 1.29 is 0 Å². The number of nitrogens with one attached hydrogen (secondary N) is 1. The number of nitrogen functional groups attached to an aromatic ring is 1. The molecule has 0 atom stereocenters. The maximum Gasteiger partial charge on any atom is 0.169 e. The molecule has 2 heterocycles. The Morgan fingerprint density at radius 2 is 1.90 bits per heavy atom. The van der Waals surface area contributed by atoms with Crippen LogP contribution in [0.4, 0.5) is 11.6 Å². The zero-order chi connectivity index (χ0) is 14.8. The topological polar surface area (TPSA) is 81.7 Å². The molecule has 0 saturated heterocycles. The summed E-state index contributed by atoms with van der Waals surface area (Å²) in [5.41, 5.74) is 9.83. The minimum Gasteiger partial charge on any atom is -0.381 e. The highest BCUT2D eigenvalue weighted by Gasteiger charge is 2.09. The highest BCUT2D eigenvalue weighted by Crippen LogP contribution is 2.19. The molecule has 108 valence electrons. The number of anilines is 2. The van der Waals surface area contributed by atoms with Crippen LogP contribution in [0.1, 0.15) is 18.2 Å². The maximum absolute atomic E-state index is 5.97. The number of aromatic nitrogens is 4. The van der Waals surface area contributed by atoms with Crippen molar-refractivity contribution in [2.24, 2.45) is 7.05 Å². The number of nitrogens with two attached hydrogens (primary N) is 1. The standard InChI is InChI=1S/C15H18N6/c1-3-11-10(9-21(2)20-11)8-17-15-14(16)18-12-6-4-5-7-13(12)19-15/h4-7,9H,3,8H2,1-2H3,(H2,16,18)(H,17,19). The van der Waals surface area contributed by atoms with Gasteiger partial charge < -0.3 is 11.1 Å². The van der Waals surface area contributed by atoms with Gasteiger partial charge in [-0.1, -0.05) is 19.1 Å². The Balaban J connectivity index is 1.86. The van der Waals surface area contributed by atoms with E-state index in [4.69, 9.17) is 5.73 Å². The predicted molar refractivity (Wildman–Crippen MR) is 83.9 cm³/mol. The fraction of sp³-hybridized carbons (Fsp3) is 0.267. The largest absolute Gasteiger partial charge is 0.381 e. The first-order chi connectivity index (χ1) is 10.2. The Morgan fingerprint density at radius 1 is 1.19 bits per heavy atom. The minimum atomic E-state index is 0.413. The number of hydrogen-bond donors (Lipinski definition) is 2. The Bertz CT molecular complexity index is 777. The van der Waals surface area contributed by atoms with Crippen LogP contribution < -0.4 is 11.1 Å². The second kappa shape index (κ2) is 5.40. The van der Waals surface area contributed by atoms with E-state index < -0.39 is 0 Å². The van der Waals surface area contributed by atoms with E-state index in [0.29, 0.717) is 18.2 Å². The third-order valence-corrected chi connectivity index (χ3v) is 3.37. The van der Waals surface area contributed by atoms with Crippen molar-refractivity contribution >= 4 is 22.7 Å². The molecule has 0 radical (unpaired) electrons. The number of nitrogens with zero attached hydrogens (tertiary/aromatic N) is 4. The van der Waals surface area contributed by atoms with Crippen LogP contribution in [-0.2, 0) is 20.0 Å². The molecule has 0 fully saturated rings. The van der Waals surface area contributed by atoms with Crippen LogP contribution >= 0.6 is 0 Å². The van der Waals surface area contributed by atoms with E-state index in [9.17, 15) is 0 Å². The molecule has 0 spiro atoms. The number of fused-ring (bicyclic) bond motifs is 1. The Hall–Kier alpha value is -2.63. The van der Waals surface area contributed by atoms with Gasteiger partial charge in [0.15, 0.2) is 11.6 Å². The zero-order valence-corrected chi connectivity index (χ0v) is 12.2. The van der Waals surface area contributed by atoms with E-state index in [2.05, 4.69) is 27.3 Å². The van der Waals surface area contributed by atoms with Crippen LogP contribution in [0.15, 0.2) is 30.5 Å². The summed E-state index contributed by atoms with van der Waals surface area (Å²) in [5, 5.41) is 7.68. The van der Waals surface area contributed by atoms with Gasteiger partial charge >= 0.3 is 0 Å². The monoisotopic (exact) mass is 282 g/mol. The lowest BCUT2D eigenvalue weighted by Crippen LogP contribution is -2.07. The molecule has 2 aromatic heterocycles. The van der Waals surface area contributed by atoms with Gasteiger partial charge in [0.2, 0.25) is 0 Å². The van der Waals surface area contributed by atoms with Gasteiger partial charge in [-0.25, -0.2) is 9.97 Å². The Morgan fingerprint density at radius 3 is 2.62 bits per heavy atom. The fourth-order valence-electron chi connectivity index (χ4n) is 2.35. The predicted octanol–water partition coefficient (Wildman–Crippen LogP) is 2.12. The summed E-state index contributed by atoms with van der Waals surface area (Å²) in [5.74, 6) is 1.02. The summed E-state index contributed by atoms with van der Waals surface area (Å²) in [6.07, 6.45) is 2.91.